The summed E-state index contributed by atoms with van der Waals surface area (Å²) in [5.74, 6) is 0. The van der Waals surface area contributed by atoms with Crippen molar-refractivity contribution < 1.29 is 26.0 Å². The van der Waals surface area contributed by atoms with Crippen LogP contribution in [0.25, 0.3) is 11.0 Å². The van der Waals surface area contributed by atoms with E-state index in [9.17, 15) is 26.4 Å². The molecule has 0 fully saturated rings. The molecule has 0 saturated carbocycles. The molecule has 4 rings (SSSR count). The fraction of sp³-hybridized carbons (Fsp3) is 0.125. The lowest BCUT2D eigenvalue weighted by molar-refractivity contribution is -0.136. The van der Waals surface area contributed by atoms with Gasteiger partial charge < -0.3 is 4.42 Å². The van der Waals surface area contributed by atoms with Crippen LogP contribution in [0.4, 0.5) is 18.9 Å². The molecule has 0 saturated heterocycles. The summed E-state index contributed by atoms with van der Waals surface area (Å²) in [6, 6.07) is 19.5. The number of halogens is 3. The second-order valence-electron chi connectivity index (χ2n) is 7.44. The monoisotopic (exact) mass is 473 g/mol. The molecule has 5 nitrogen and oxygen atoms in total. The maximum absolute atomic E-state index is 13.4. The van der Waals surface area contributed by atoms with Crippen molar-refractivity contribution in [1.29, 1.82) is 0 Å². The van der Waals surface area contributed by atoms with Crippen LogP contribution in [0.5, 0.6) is 0 Å². The van der Waals surface area contributed by atoms with Gasteiger partial charge in [-0.3, -0.25) is 4.31 Å². The van der Waals surface area contributed by atoms with Crippen LogP contribution in [-0.4, -0.2) is 15.5 Å². The normalized spacial score (nSPS) is 12.1. The van der Waals surface area contributed by atoms with Gasteiger partial charge in [-0.1, -0.05) is 36.4 Å². The zero-order chi connectivity index (χ0) is 23.8. The number of benzene rings is 3. The summed E-state index contributed by atoms with van der Waals surface area (Å²) in [5.41, 5.74) is -0.491. The molecule has 0 aliphatic rings. The lowest BCUT2D eigenvalue weighted by Crippen LogP contribution is -2.26. The highest BCUT2D eigenvalue weighted by Gasteiger charge is 2.34. The Bertz CT molecular complexity index is 1460. The Kier molecular flexibility index (Phi) is 5.75. The van der Waals surface area contributed by atoms with E-state index in [-0.39, 0.29) is 22.3 Å². The van der Waals surface area contributed by atoms with E-state index in [1.54, 1.807) is 48.5 Å². The SMILES string of the molecule is CN(c1ccccc1)S(=O)(=O)c1ccc(Cc2ccc3oc(=O)cc(C(F)(F)F)c3c2)cc1. The Morgan fingerprint density at radius 2 is 1.52 bits per heavy atom. The highest BCUT2D eigenvalue weighted by Crippen LogP contribution is 2.34. The number of nitrogens with zero attached hydrogens (tertiary/aromatic N) is 1. The van der Waals surface area contributed by atoms with Gasteiger partial charge in [-0.05, 0) is 53.9 Å². The number of sulfonamides is 1. The molecule has 0 amide bonds. The maximum atomic E-state index is 13.4. The Morgan fingerprint density at radius 1 is 0.879 bits per heavy atom. The smallest absolute Gasteiger partial charge is 0.417 e. The maximum Gasteiger partial charge on any atom is 0.417 e. The summed E-state index contributed by atoms with van der Waals surface area (Å²) in [6.07, 6.45) is -4.44. The molecule has 0 N–H and O–H groups in total. The first kappa shape index (κ1) is 22.6. The first-order valence-corrected chi connectivity index (χ1v) is 11.3. The summed E-state index contributed by atoms with van der Waals surface area (Å²) in [4.78, 5) is 11.6. The van der Waals surface area contributed by atoms with Gasteiger partial charge in [0.15, 0.2) is 0 Å². The highest BCUT2D eigenvalue weighted by molar-refractivity contribution is 7.92. The van der Waals surface area contributed by atoms with Crippen molar-refractivity contribution in [3.8, 4) is 0 Å². The predicted octanol–water partition coefficient (Wildman–Crippen LogP) is 5.23. The molecule has 3 aromatic carbocycles. The lowest BCUT2D eigenvalue weighted by atomic mass is 10.0. The van der Waals surface area contributed by atoms with E-state index in [1.165, 1.54) is 35.6 Å². The summed E-state index contributed by atoms with van der Waals surface area (Å²) in [6.45, 7) is 0. The van der Waals surface area contributed by atoms with E-state index in [0.717, 1.165) is 0 Å². The van der Waals surface area contributed by atoms with E-state index in [1.807, 2.05) is 0 Å². The minimum Gasteiger partial charge on any atom is -0.423 e. The van der Waals surface area contributed by atoms with Gasteiger partial charge in [0.2, 0.25) is 0 Å². The average molecular weight is 473 g/mol. The Labute approximate surface area is 187 Å². The molecular formula is C24H18F3NO4S. The molecule has 1 aromatic heterocycles. The molecule has 0 spiro atoms. The van der Waals surface area contributed by atoms with Crippen molar-refractivity contribution in [3.63, 3.8) is 0 Å². The van der Waals surface area contributed by atoms with Gasteiger partial charge in [-0.15, -0.1) is 0 Å². The third-order valence-corrected chi connectivity index (χ3v) is 7.02. The zero-order valence-corrected chi connectivity index (χ0v) is 18.2. The summed E-state index contributed by atoms with van der Waals surface area (Å²) in [7, 11) is -2.31. The van der Waals surface area contributed by atoms with Gasteiger partial charge in [0, 0.05) is 18.5 Å². The topological polar surface area (TPSA) is 67.6 Å². The molecular weight excluding hydrogens is 455 g/mol. The number of hydrogen-bond donors (Lipinski definition) is 0. The van der Waals surface area contributed by atoms with E-state index >= 15 is 0 Å². The van der Waals surface area contributed by atoms with E-state index in [2.05, 4.69) is 0 Å². The number of alkyl halides is 3. The molecule has 33 heavy (non-hydrogen) atoms. The van der Waals surface area contributed by atoms with Crippen molar-refractivity contribution in [3.05, 3.63) is 106 Å². The van der Waals surface area contributed by atoms with Crippen LogP contribution in [0.1, 0.15) is 16.7 Å². The second kappa shape index (κ2) is 8.40. The first-order chi connectivity index (χ1) is 15.6. The van der Waals surface area contributed by atoms with Crippen LogP contribution in [0, 0.1) is 0 Å². The average Bonchev–Trinajstić information content (AvgIpc) is 2.78. The third kappa shape index (κ3) is 4.63. The number of hydrogen-bond acceptors (Lipinski definition) is 4. The lowest BCUT2D eigenvalue weighted by Gasteiger charge is -2.19. The van der Waals surface area contributed by atoms with Crippen LogP contribution >= 0.6 is 0 Å². The van der Waals surface area contributed by atoms with Crippen LogP contribution in [0.15, 0.2) is 93.0 Å². The van der Waals surface area contributed by atoms with Crippen molar-refractivity contribution in [1.82, 2.24) is 0 Å². The molecule has 0 unspecified atom stereocenters. The molecule has 0 atom stereocenters. The Hall–Kier alpha value is -3.59. The molecule has 4 aromatic rings. The number of rotatable bonds is 5. The van der Waals surface area contributed by atoms with Crippen LogP contribution in [0.3, 0.4) is 0 Å². The molecule has 1 heterocycles. The summed E-state index contributed by atoms with van der Waals surface area (Å²) in [5, 5.41) is -0.205. The summed E-state index contributed by atoms with van der Waals surface area (Å²) < 4.78 is 71.9. The highest BCUT2D eigenvalue weighted by atomic mass is 32.2. The van der Waals surface area contributed by atoms with Crippen LogP contribution < -0.4 is 9.93 Å². The minimum absolute atomic E-state index is 0.0947. The zero-order valence-electron chi connectivity index (χ0n) is 17.3. The van der Waals surface area contributed by atoms with Crippen molar-refractivity contribution in [2.45, 2.75) is 17.5 Å². The molecule has 170 valence electrons. The van der Waals surface area contributed by atoms with Crippen LogP contribution in [0.2, 0.25) is 0 Å². The molecule has 0 aliphatic heterocycles. The number of para-hydroxylation sites is 1. The van der Waals surface area contributed by atoms with Gasteiger partial charge in [-0.2, -0.15) is 13.2 Å². The van der Waals surface area contributed by atoms with Crippen LogP contribution in [-0.2, 0) is 22.6 Å². The minimum atomic E-state index is -4.70. The van der Waals surface area contributed by atoms with E-state index in [0.29, 0.717) is 22.9 Å². The summed E-state index contributed by atoms with van der Waals surface area (Å²) >= 11 is 0. The Morgan fingerprint density at radius 3 is 2.15 bits per heavy atom. The Balaban J connectivity index is 1.62. The van der Waals surface area contributed by atoms with Crippen molar-refractivity contribution in [2.75, 3.05) is 11.4 Å². The van der Waals surface area contributed by atoms with Crippen molar-refractivity contribution >= 4 is 26.7 Å². The van der Waals surface area contributed by atoms with Gasteiger partial charge in [0.25, 0.3) is 10.0 Å². The van der Waals surface area contributed by atoms with E-state index < -0.39 is 27.4 Å². The standard InChI is InChI=1S/C24H18F3NO4S/c1-28(18-5-3-2-4-6-18)33(30,31)19-10-7-16(8-11-19)13-17-9-12-22-20(14-17)21(24(25,26)27)15-23(29)32-22/h2-12,14-15H,13H2,1H3. The van der Waals surface area contributed by atoms with Gasteiger partial charge in [0.05, 0.1) is 16.1 Å². The molecule has 0 radical (unpaired) electrons. The van der Waals surface area contributed by atoms with Gasteiger partial charge in [0.1, 0.15) is 5.58 Å². The molecule has 0 aliphatic carbocycles. The second-order valence-corrected chi connectivity index (χ2v) is 9.41. The number of anilines is 1. The quantitative estimate of drug-likeness (QED) is 0.373. The van der Waals surface area contributed by atoms with E-state index in [4.69, 9.17) is 4.42 Å². The third-order valence-electron chi connectivity index (χ3n) is 5.22. The number of fused-ring (bicyclic) bond motifs is 1. The molecule has 9 heteroatoms. The molecule has 0 bridgehead atoms. The predicted molar refractivity (Wildman–Crippen MR) is 119 cm³/mol. The van der Waals surface area contributed by atoms with Gasteiger partial charge in [-0.25, -0.2) is 13.2 Å². The van der Waals surface area contributed by atoms with Gasteiger partial charge >= 0.3 is 11.8 Å². The fourth-order valence-electron chi connectivity index (χ4n) is 3.50. The largest absolute Gasteiger partial charge is 0.423 e. The van der Waals surface area contributed by atoms with Crippen molar-refractivity contribution in [2.24, 2.45) is 0 Å². The fourth-order valence-corrected chi connectivity index (χ4v) is 4.70. The first-order valence-electron chi connectivity index (χ1n) is 9.82.